The molecule has 0 radical (unpaired) electrons. The molecule has 3 aromatic carbocycles. The number of para-hydroxylation sites is 1. The molecule has 0 spiro atoms. The largest absolute Gasteiger partial charge is 0.466 e. The quantitative estimate of drug-likeness (QED) is 0.348. The summed E-state index contributed by atoms with van der Waals surface area (Å²) < 4.78 is 7.66. The maximum Gasteiger partial charge on any atom is 0.283 e. The molecule has 10 heteroatoms. The Morgan fingerprint density at radius 2 is 1.82 bits per heavy atom. The average molecular weight is 459 g/mol. The molecule has 164 valence electrons. The number of aromatic nitrogens is 3. The zero-order chi connectivity index (χ0) is 22.9. The predicted octanol–water partition coefficient (Wildman–Crippen LogP) is 4.36. The number of carbonyl (C=O) groups excluding carboxylic acids is 1. The number of nitro groups is 1. The Balaban J connectivity index is 1.44. The Hall–Kier alpha value is -4.18. The molecule has 0 aliphatic carbocycles. The van der Waals surface area contributed by atoms with Crippen molar-refractivity contribution in [1.82, 2.24) is 20.1 Å². The van der Waals surface area contributed by atoms with Gasteiger partial charge in [0.2, 0.25) is 0 Å². The Labute approximate surface area is 192 Å². The van der Waals surface area contributed by atoms with E-state index in [0.717, 1.165) is 17.3 Å². The predicted molar refractivity (Wildman–Crippen MR) is 121 cm³/mol. The van der Waals surface area contributed by atoms with Crippen LogP contribution in [0.2, 0.25) is 0 Å². The molecule has 1 aromatic heterocycles. The summed E-state index contributed by atoms with van der Waals surface area (Å²) in [4.78, 5) is 24.2. The van der Waals surface area contributed by atoms with Crippen LogP contribution in [0.3, 0.4) is 0 Å². The van der Waals surface area contributed by atoms with Crippen molar-refractivity contribution in [2.24, 2.45) is 7.05 Å². The monoisotopic (exact) mass is 459 g/mol. The number of nitro benzene ring substituents is 1. The summed E-state index contributed by atoms with van der Waals surface area (Å²) in [5, 5.41) is 23.5. The van der Waals surface area contributed by atoms with Crippen molar-refractivity contribution >= 4 is 23.4 Å². The van der Waals surface area contributed by atoms with Crippen LogP contribution in [-0.4, -0.2) is 25.6 Å². The van der Waals surface area contributed by atoms with Gasteiger partial charge in [-0.05, 0) is 30.0 Å². The number of hydrogen-bond acceptors (Lipinski definition) is 7. The number of benzene rings is 3. The number of carbonyl (C=O) groups is 1. The fourth-order valence-electron chi connectivity index (χ4n) is 3.53. The Morgan fingerprint density at radius 1 is 1.06 bits per heavy atom. The molecule has 0 saturated heterocycles. The zero-order valence-corrected chi connectivity index (χ0v) is 18.2. The first-order valence-corrected chi connectivity index (χ1v) is 10.8. The number of nitrogens with zero attached hydrogens (tertiary/aromatic N) is 4. The number of fused-ring (bicyclic) bond motifs is 1. The van der Waals surface area contributed by atoms with E-state index < -0.39 is 11.2 Å². The standard InChI is InChI=1S/C23H17N5O4S/c1-27-20(14-7-3-2-4-8-14)25-26-23(27)33-19-12-11-15(13-17(19)28(30)31)22-24-21(29)16-9-5-6-10-18(16)32-22/h2-13,22H,1H3,(H,24,29)/t22-/m0/s1. The lowest BCUT2D eigenvalue weighted by molar-refractivity contribution is -0.387. The van der Waals surface area contributed by atoms with Gasteiger partial charge in [-0.1, -0.05) is 48.5 Å². The molecule has 1 atom stereocenters. The van der Waals surface area contributed by atoms with E-state index >= 15 is 0 Å². The van der Waals surface area contributed by atoms with Crippen LogP contribution in [0.1, 0.15) is 22.1 Å². The highest BCUT2D eigenvalue weighted by Crippen LogP contribution is 2.37. The van der Waals surface area contributed by atoms with Crippen molar-refractivity contribution in [1.29, 1.82) is 0 Å². The maximum atomic E-state index is 12.4. The third-order valence-electron chi connectivity index (χ3n) is 5.19. The minimum Gasteiger partial charge on any atom is -0.466 e. The van der Waals surface area contributed by atoms with E-state index in [1.165, 1.54) is 6.07 Å². The van der Waals surface area contributed by atoms with Gasteiger partial charge in [-0.3, -0.25) is 14.9 Å². The molecule has 0 bridgehead atoms. The minimum absolute atomic E-state index is 0.113. The fraction of sp³-hybridized carbons (Fsp3) is 0.0870. The Kier molecular flexibility index (Phi) is 5.27. The van der Waals surface area contributed by atoms with Crippen LogP contribution in [0.15, 0.2) is 82.8 Å². The molecule has 0 saturated carbocycles. The Morgan fingerprint density at radius 3 is 2.61 bits per heavy atom. The van der Waals surface area contributed by atoms with Gasteiger partial charge in [-0.25, -0.2) is 0 Å². The summed E-state index contributed by atoms with van der Waals surface area (Å²) in [6, 6.07) is 21.2. The molecule has 1 amide bonds. The molecule has 2 heterocycles. The molecule has 1 aliphatic heterocycles. The van der Waals surface area contributed by atoms with Crippen LogP contribution in [0.25, 0.3) is 11.4 Å². The lowest BCUT2D eigenvalue weighted by Gasteiger charge is -2.26. The van der Waals surface area contributed by atoms with Gasteiger partial charge >= 0.3 is 0 Å². The summed E-state index contributed by atoms with van der Waals surface area (Å²) in [6.07, 6.45) is -0.829. The van der Waals surface area contributed by atoms with E-state index in [0.29, 0.717) is 32.8 Å². The second-order valence-corrected chi connectivity index (χ2v) is 8.29. The molecular formula is C23H17N5O4S. The first-order valence-electron chi connectivity index (χ1n) is 9.99. The number of hydrogen-bond donors (Lipinski definition) is 1. The summed E-state index contributed by atoms with van der Waals surface area (Å²) in [5.41, 5.74) is 1.68. The van der Waals surface area contributed by atoms with Gasteiger partial charge in [0.1, 0.15) is 5.75 Å². The lowest BCUT2D eigenvalue weighted by atomic mass is 10.1. The highest BCUT2D eigenvalue weighted by molar-refractivity contribution is 7.99. The zero-order valence-electron chi connectivity index (χ0n) is 17.3. The van der Waals surface area contributed by atoms with Crippen molar-refractivity contribution in [3.63, 3.8) is 0 Å². The molecule has 33 heavy (non-hydrogen) atoms. The number of rotatable bonds is 5. The van der Waals surface area contributed by atoms with Gasteiger partial charge in [-0.15, -0.1) is 10.2 Å². The molecule has 1 N–H and O–H groups in total. The smallest absolute Gasteiger partial charge is 0.283 e. The van der Waals surface area contributed by atoms with Crippen molar-refractivity contribution in [2.75, 3.05) is 0 Å². The van der Waals surface area contributed by atoms with E-state index in [2.05, 4.69) is 15.5 Å². The van der Waals surface area contributed by atoms with Crippen LogP contribution in [0.4, 0.5) is 5.69 Å². The molecule has 9 nitrogen and oxygen atoms in total. The third-order valence-corrected chi connectivity index (χ3v) is 6.29. The number of ether oxygens (including phenoxy) is 1. The molecule has 1 aliphatic rings. The lowest BCUT2D eigenvalue weighted by Crippen LogP contribution is -2.36. The van der Waals surface area contributed by atoms with Crippen LogP contribution in [-0.2, 0) is 7.05 Å². The van der Waals surface area contributed by atoms with E-state index in [1.807, 2.05) is 37.4 Å². The van der Waals surface area contributed by atoms with Gasteiger partial charge in [0.25, 0.3) is 11.6 Å². The second kappa shape index (κ2) is 8.40. The minimum atomic E-state index is -0.829. The van der Waals surface area contributed by atoms with E-state index in [4.69, 9.17) is 4.74 Å². The first-order chi connectivity index (χ1) is 16.0. The average Bonchev–Trinajstić information content (AvgIpc) is 3.19. The van der Waals surface area contributed by atoms with E-state index in [1.54, 1.807) is 41.0 Å². The summed E-state index contributed by atoms with van der Waals surface area (Å²) >= 11 is 1.15. The van der Waals surface area contributed by atoms with E-state index in [-0.39, 0.29) is 11.6 Å². The number of nitrogens with one attached hydrogen (secondary N) is 1. The molecule has 4 aromatic rings. The maximum absolute atomic E-state index is 12.4. The topological polar surface area (TPSA) is 112 Å². The van der Waals surface area contributed by atoms with Gasteiger partial charge < -0.3 is 14.6 Å². The summed E-state index contributed by atoms with van der Waals surface area (Å²) in [7, 11) is 1.81. The molecule has 0 unspecified atom stereocenters. The van der Waals surface area contributed by atoms with Crippen LogP contribution in [0.5, 0.6) is 5.75 Å². The first kappa shape index (κ1) is 20.7. The molecule has 5 rings (SSSR count). The normalized spacial score (nSPS) is 14.8. The molecular weight excluding hydrogens is 442 g/mol. The highest BCUT2D eigenvalue weighted by Gasteiger charge is 2.28. The van der Waals surface area contributed by atoms with Crippen LogP contribution >= 0.6 is 11.8 Å². The van der Waals surface area contributed by atoms with Gasteiger partial charge in [0, 0.05) is 24.2 Å². The summed E-state index contributed by atoms with van der Waals surface area (Å²) in [6.45, 7) is 0. The number of amides is 1. The Bertz CT molecular complexity index is 1370. The SMILES string of the molecule is Cn1c(Sc2ccc([C@H]3NC(=O)c4ccccc4O3)cc2[N+](=O)[O-])nnc1-c1ccccc1. The van der Waals surface area contributed by atoms with Crippen LogP contribution < -0.4 is 10.1 Å². The van der Waals surface area contributed by atoms with Gasteiger partial charge in [0.15, 0.2) is 17.2 Å². The second-order valence-electron chi connectivity index (χ2n) is 7.29. The van der Waals surface area contributed by atoms with Gasteiger partial charge in [-0.2, -0.15) is 0 Å². The van der Waals surface area contributed by atoms with E-state index in [9.17, 15) is 14.9 Å². The van der Waals surface area contributed by atoms with Crippen molar-refractivity contribution in [3.8, 4) is 17.1 Å². The van der Waals surface area contributed by atoms with Crippen molar-refractivity contribution in [3.05, 3.63) is 94.0 Å². The van der Waals surface area contributed by atoms with Crippen molar-refractivity contribution in [2.45, 2.75) is 16.3 Å². The fourth-order valence-corrected chi connectivity index (χ4v) is 4.40. The third kappa shape index (κ3) is 3.92. The van der Waals surface area contributed by atoms with Crippen LogP contribution in [0, 0.1) is 10.1 Å². The van der Waals surface area contributed by atoms with Gasteiger partial charge in [0.05, 0.1) is 15.4 Å². The summed E-state index contributed by atoms with van der Waals surface area (Å²) in [5.74, 6) is 0.796. The highest BCUT2D eigenvalue weighted by atomic mass is 32.2. The molecule has 0 fully saturated rings. The van der Waals surface area contributed by atoms with Crippen molar-refractivity contribution < 1.29 is 14.5 Å².